The van der Waals surface area contributed by atoms with Crippen LogP contribution in [-0.2, 0) is 16.0 Å². The fourth-order valence-corrected chi connectivity index (χ4v) is 2.73. The normalized spacial score (nSPS) is 9.58. The van der Waals surface area contributed by atoms with Crippen molar-refractivity contribution in [3.8, 4) is 11.5 Å². The third kappa shape index (κ3) is 6.88. The monoisotopic (exact) mass is 377 g/mol. The maximum Gasteiger partial charge on any atom is 0.305 e. The van der Waals surface area contributed by atoms with Gasteiger partial charge in [0.1, 0.15) is 0 Å². The molecule has 6 heteroatoms. The van der Waals surface area contributed by atoms with Gasteiger partial charge in [0.15, 0.2) is 11.5 Å². The van der Waals surface area contributed by atoms with Gasteiger partial charge in [0.25, 0.3) is 0 Å². The first-order chi connectivity index (χ1) is 12.7. The second-order valence-electron chi connectivity index (χ2n) is 4.99. The van der Waals surface area contributed by atoms with E-state index in [-0.39, 0.29) is 5.97 Å². The molecule has 0 aromatic heterocycles. The number of ether oxygens (including phenoxy) is 3. The van der Waals surface area contributed by atoms with E-state index >= 15 is 0 Å². The molecule has 0 aliphatic heterocycles. The Hall–Kier alpha value is -2.34. The first-order valence-electron chi connectivity index (χ1n) is 8.47. The van der Waals surface area contributed by atoms with E-state index in [1.165, 1.54) is 19.1 Å². The van der Waals surface area contributed by atoms with E-state index in [0.717, 1.165) is 16.1 Å². The number of nitrogens with one attached hydrogen (secondary N) is 1. The Morgan fingerprint density at radius 1 is 0.962 bits per heavy atom. The molecule has 142 valence electrons. The van der Waals surface area contributed by atoms with E-state index in [4.69, 9.17) is 9.47 Å². The highest BCUT2D eigenvalue weighted by Gasteiger charge is 2.05. The van der Waals surface area contributed by atoms with Crippen LogP contribution in [0.4, 0.5) is 5.69 Å². The van der Waals surface area contributed by atoms with E-state index in [1.807, 2.05) is 56.3 Å². The number of benzene rings is 2. The van der Waals surface area contributed by atoms with Crippen LogP contribution in [-0.4, -0.2) is 27.3 Å². The van der Waals surface area contributed by atoms with E-state index in [0.29, 0.717) is 24.3 Å². The Bertz CT molecular complexity index is 674. The molecule has 26 heavy (non-hydrogen) atoms. The number of hydrogen-bond donors (Lipinski definition) is 1. The highest BCUT2D eigenvalue weighted by atomic mass is 32.2. The summed E-state index contributed by atoms with van der Waals surface area (Å²) in [5, 5.41) is 0. The minimum absolute atomic E-state index is 0.191. The molecule has 0 aliphatic rings. The summed E-state index contributed by atoms with van der Waals surface area (Å²) in [5.41, 5.74) is 2.03. The predicted molar refractivity (Wildman–Crippen MR) is 107 cm³/mol. The van der Waals surface area contributed by atoms with Crippen molar-refractivity contribution in [3.05, 3.63) is 48.0 Å². The lowest BCUT2D eigenvalue weighted by Crippen LogP contribution is -2.01. The molecule has 0 bridgehead atoms. The van der Waals surface area contributed by atoms with Crippen molar-refractivity contribution < 1.29 is 19.0 Å². The minimum atomic E-state index is -0.191. The maximum absolute atomic E-state index is 11.2. The number of anilines is 1. The predicted octanol–water partition coefficient (Wildman–Crippen LogP) is 4.95. The van der Waals surface area contributed by atoms with E-state index in [9.17, 15) is 4.79 Å². The largest absolute Gasteiger partial charge is 0.493 e. The fourth-order valence-electron chi connectivity index (χ4n) is 2.09. The molecule has 0 atom stereocenters. The zero-order chi connectivity index (χ0) is 19.4. The van der Waals surface area contributed by atoms with Crippen LogP contribution in [0.3, 0.4) is 0 Å². The Balaban J connectivity index is 0.00000163. The molecule has 5 nitrogen and oxygen atoms in total. The Morgan fingerprint density at radius 3 is 2.19 bits per heavy atom. The lowest BCUT2D eigenvalue weighted by Gasteiger charge is -2.11. The van der Waals surface area contributed by atoms with E-state index in [2.05, 4.69) is 9.46 Å². The molecule has 0 heterocycles. The third-order valence-corrected chi connectivity index (χ3v) is 4.28. The fraction of sp³-hybridized carbons (Fsp3) is 0.350. The van der Waals surface area contributed by atoms with Gasteiger partial charge in [-0.05, 0) is 48.2 Å². The van der Waals surface area contributed by atoms with Crippen LogP contribution in [0.2, 0.25) is 0 Å². The molecular weight excluding hydrogens is 350 g/mol. The minimum Gasteiger partial charge on any atom is -0.493 e. The van der Waals surface area contributed by atoms with Gasteiger partial charge in [0.2, 0.25) is 0 Å². The second-order valence-corrected chi connectivity index (χ2v) is 5.87. The molecule has 1 N–H and O–H groups in total. The van der Waals surface area contributed by atoms with Gasteiger partial charge in [-0.2, -0.15) is 0 Å². The van der Waals surface area contributed by atoms with Crippen LogP contribution >= 0.6 is 11.9 Å². The van der Waals surface area contributed by atoms with Crippen molar-refractivity contribution in [2.75, 3.05) is 26.1 Å². The molecular formula is C20H27NO4S. The molecule has 0 saturated carbocycles. The van der Waals surface area contributed by atoms with Crippen LogP contribution in [0.15, 0.2) is 47.4 Å². The molecule has 2 aromatic rings. The number of hydrogen-bond acceptors (Lipinski definition) is 6. The number of carbonyl (C=O) groups excluding carboxylic acids is 1. The van der Waals surface area contributed by atoms with Crippen LogP contribution < -0.4 is 14.2 Å². The SMILES string of the molecule is CC.COC(=O)CCc1ccc(SNc2ccc(OC)c(OC)c2)cc1. The van der Waals surface area contributed by atoms with Crippen LogP contribution in [0.5, 0.6) is 11.5 Å². The van der Waals surface area contributed by atoms with Gasteiger partial charge in [0, 0.05) is 23.1 Å². The van der Waals surface area contributed by atoms with Crippen molar-refractivity contribution in [2.45, 2.75) is 31.6 Å². The first kappa shape index (κ1) is 21.7. The Kier molecular flexibility index (Phi) is 10.1. The maximum atomic E-state index is 11.2. The average molecular weight is 378 g/mol. The quantitative estimate of drug-likeness (QED) is 0.519. The molecule has 2 rings (SSSR count). The van der Waals surface area contributed by atoms with Crippen LogP contribution in [0.1, 0.15) is 25.8 Å². The van der Waals surface area contributed by atoms with Gasteiger partial charge < -0.3 is 18.9 Å². The van der Waals surface area contributed by atoms with Crippen molar-refractivity contribution in [2.24, 2.45) is 0 Å². The van der Waals surface area contributed by atoms with Crippen molar-refractivity contribution in [1.82, 2.24) is 0 Å². The summed E-state index contributed by atoms with van der Waals surface area (Å²) in [7, 11) is 4.63. The van der Waals surface area contributed by atoms with Gasteiger partial charge in [-0.25, -0.2) is 0 Å². The number of rotatable bonds is 8. The molecule has 2 aromatic carbocycles. The smallest absolute Gasteiger partial charge is 0.305 e. The number of aryl methyl sites for hydroxylation is 1. The molecule has 0 radical (unpaired) electrons. The summed E-state index contributed by atoms with van der Waals surface area (Å²) in [6, 6.07) is 13.7. The summed E-state index contributed by atoms with van der Waals surface area (Å²) in [5.74, 6) is 1.19. The Labute approximate surface area is 160 Å². The number of esters is 1. The van der Waals surface area contributed by atoms with Gasteiger partial charge in [0.05, 0.1) is 21.3 Å². The van der Waals surface area contributed by atoms with Crippen molar-refractivity contribution in [1.29, 1.82) is 0 Å². The van der Waals surface area contributed by atoms with Crippen LogP contribution in [0.25, 0.3) is 0 Å². The third-order valence-electron chi connectivity index (χ3n) is 3.44. The molecule has 0 aliphatic carbocycles. The van der Waals surface area contributed by atoms with Crippen molar-refractivity contribution >= 4 is 23.6 Å². The Morgan fingerprint density at radius 2 is 1.62 bits per heavy atom. The molecule has 0 fully saturated rings. The summed E-state index contributed by atoms with van der Waals surface area (Å²) in [4.78, 5) is 12.2. The summed E-state index contributed by atoms with van der Waals surface area (Å²) >= 11 is 1.51. The lowest BCUT2D eigenvalue weighted by atomic mass is 10.1. The second kappa shape index (κ2) is 12.1. The van der Waals surface area contributed by atoms with Gasteiger partial charge in [-0.3, -0.25) is 4.79 Å². The molecule has 0 unspecified atom stereocenters. The zero-order valence-corrected chi connectivity index (χ0v) is 16.8. The van der Waals surface area contributed by atoms with E-state index < -0.39 is 0 Å². The molecule has 0 spiro atoms. The topological polar surface area (TPSA) is 56.8 Å². The summed E-state index contributed by atoms with van der Waals surface area (Å²) in [6.07, 6.45) is 1.08. The standard InChI is InChI=1S/C18H21NO4S.C2H6/c1-21-16-10-7-14(12-17(16)22-2)19-24-15-8-4-13(5-9-15)6-11-18(20)23-3;1-2/h4-5,7-10,12,19H,6,11H2,1-3H3;1-2H3. The van der Waals surface area contributed by atoms with E-state index in [1.54, 1.807) is 14.2 Å². The van der Waals surface area contributed by atoms with Gasteiger partial charge in [-0.1, -0.05) is 26.0 Å². The lowest BCUT2D eigenvalue weighted by molar-refractivity contribution is -0.140. The number of carbonyl (C=O) groups is 1. The highest BCUT2D eigenvalue weighted by Crippen LogP contribution is 2.31. The number of methoxy groups -OCH3 is 3. The average Bonchev–Trinajstić information content (AvgIpc) is 2.72. The van der Waals surface area contributed by atoms with Gasteiger partial charge in [-0.15, -0.1) is 0 Å². The van der Waals surface area contributed by atoms with Gasteiger partial charge >= 0.3 is 5.97 Å². The zero-order valence-electron chi connectivity index (χ0n) is 16.0. The van der Waals surface area contributed by atoms with Crippen LogP contribution in [0, 0.1) is 0 Å². The van der Waals surface area contributed by atoms with Crippen molar-refractivity contribution in [3.63, 3.8) is 0 Å². The molecule has 0 saturated heterocycles. The highest BCUT2D eigenvalue weighted by molar-refractivity contribution is 8.00. The molecule has 0 amide bonds. The summed E-state index contributed by atoms with van der Waals surface area (Å²) in [6.45, 7) is 4.00. The first-order valence-corrected chi connectivity index (χ1v) is 9.28. The summed E-state index contributed by atoms with van der Waals surface area (Å²) < 4.78 is 18.4.